The van der Waals surface area contributed by atoms with Crippen LogP contribution in [0.2, 0.25) is 0 Å². The molecule has 0 fully saturated rings. The highest BCUT2D eigenvalue weighted by molar-refractivity contribution is 5.81. The molecule has 0 aliphatic heterocycles. The molecule has 2 aromatic carbocycles. The number of hydrogen-bond acceptors (Lipinski definition) is 6. The van der Waals surface area contributed by atoms with Crippen LogP contribution in [0.1, 0.15) is 17.2 Å². The third-order valence-electron chi connectivity index (χ3n) is 4.13. The minimum Gasteiger partial charge on any atom is -0.493 e. The maximum absolute atomic E-state index is 5.50. The molecule has 0 N–H and O–H groups in total. The molecule has 0 amide bonds. The van der Waals surface area contributed by atoms with Crippen LogP contribution in [0, 0.1) is 0 Å². The van der Waals surface area contributed by atoms with E-state index in [0.29, 0.717) is 11.5 Å². The molecule has 0 radical (unpaired) electrons. The summed E-state index contributed by atoms with van der Waals surface area (Å²) in [7, 11) is 4.83. The predicted molar refractivity (Wildman–Crippen MR) is 109 cm³/mol. The second kappa shape index (κ2) is 9.48. The van der Waals surface area contributed by atoms with Gasteiger partial charge in [-0.05, 0) is 47.5 Å². The molecule has 0 aliphatic rings. The third kappa shape index (κ3) is 4.63. The highest BCUT2D eigenvalue weighted by atomic mass is 16.5. The van der Waals surface area contributed by atoms with E-state index in [9.17, 15) is 0 Å². The van der Waals surface area contributed by atoms with E-state index in [1.807, 2.05) is 54.7 Å². The van der Waals surface area contributed by atoms with Gasteiger partial charge >= 0.3 is 0 Å². The standard InChI is InChI=1S/C21H22N4O3/c1-26-19-10-5-16(13-20(19)27-2)14-22-23-15-21(28-3)17-6-8-18(9-7-17)25-12-4-11-24-25/h4-15,21H,1-3H3/b22-14+,23-15+. The van der Waals surface area contributed by atoms with Gasteiger partial charge in [-0.1, -0.05) is 12.1 Å². The molecular weight excluding hydrogens is 356 g/mol. The van der Waals surface area contributed by atoms with Gasteiger partial charge < -0.3 is 14.2 Å². The monoisotopic (exact) mass is 378 g/mol. The predicted octanol–water partition coefficient (Wildman–Crippen LogP) is 3.68. The van der Waals surface area contributed by atoms with Crippen molar-refractivity contribution in [1.29, 1.82) is 0 Å². The Morgan fingerprint density at radius 2 is 1.75 bits per heavy atom. The number of methoxy groups -OCH3 is 3. The normalized spacial score (nSPS) is 12.5. The van der Waals surface area contributed by atoms with E-state index in [-0.39, 0.29) is 6.10 Å². The first kappa shape index (κ1) is 19.3. The van der Waals surface area contributed by atoms with E-state index in [1.54, 1.807) is 44.6 Å². The number of aromatic nitrogens is 2. The number of benzene rings is 2. The van der Waals surface area contributed by atoms with Crippen molar-refractivity contribution < 1.29 is 14.2 Å². The lowest BCUT2D eigenvalue weighted by atomic mass is 10.1. The molecule has 3 rings (SSSR count). The Kier molecular flexibility index (Phi) is 6.54. The fourth-order valence-corrected chi connectivity index (χ4v) is 2.65. The van der Waals surface area contributed by atoms with Crippen LogP contribution in [0.15, 0.2) is 71.1 Å². The van der Waals surface area contributed by atoms with Crippen molar-refractivity contribution in [3.05, 3.63) is 72.1 Å². The number of nitrogens with zero attached hydrogens (tertiary/aromatic N) is 4. The summed E-state index contributed by atoms with van der Waals surface area (Å²) in [6.45, 7) is 0. The van der Waals surface area contributed by atoms with Gasteiger partial charge in [0.05, 0.1) is 32.3 Å². The molecule has 0 bridgehead atoms. The molecule has 28 heavy (non-hydrogen) atoms. The molecular formula is C21H22N4O3. The van der Waals surface area contributed by atoms with Crippen LogP contribution in [0.25, 0.3) is 5.69 Å². The SMILES string of the molecule is COc1ccc(/C=N/N=C/C(OC)c2ccc(-n3cccn3)cc2)cc1OC. The molecule has 7 nitrogen and oxygen atoms in total. The van der Waals surface area contributed by atoms with Gasteiger partial charge in [0.1, 0.15) is 6.10 Å². The zero-order valence-corrected chi connectivity index (χ0v) is 16.0. The summed E-state index contributed by atoms with van der Waals surface area (Å²) in [4.78, 5) is 0. The van der Waals surface area contributed by atoms with E-state index in [1.165, 1.54) is 0 Å². The maximum Gasteiger partial charge on any atom is 0.161 e. The molecule has 7 heteroatoms. The second-order valence-electron chi connectivity index (χ2n) is 5.82. The molecule has 0 spiro atoms. The number of rotatable bonds is 8. The van der Waals surface area contributed by atoms with Gasteiger partial charge in [-0.2, -0.15) is 15.3 Å². The van der Waals surface area contributed by atoms with Crippen LogP contribution in [0.4, 0.5) is 0 Å². The Hall–Kier alpha value is -3.45. The molecule has 1 aromatic heterocycles. The fraction of sp³-hybridized carbons (Fsp3) is 0.190. The van der Waals surface area contributed by atoms with Gasteiger partial charge in [-0.25, -0.2) is 4.68 Å². The van der Waals surface area contributed by atoms with Crippen molar-refractivity contribution in [2.75, 3.05) is 21.3 Å². The summed E-state index contributed by atoms with van der Waals surface area (Å²) in [6, 6.07) is 15.3. The largest absolute Gasteiger partial charge is 0.493 e. The van der Waals surface area contributed by atoms with Crippen molar-refractivity contribution in [2.24, 2.45) is 10.2 Å². The smallest absolute Gasteiger partial charge is 0.161 e. The van der Waals surface area contributed by atoms with E-state index >= 15 is 0 Å². The van der Waals surface area contributed by atoms with Gasteiger partial charge in [-0.3, -0.25) is 0 Å². The lowest BCUT2D eigenvalue weighted by Crippen LogP contribution is -2.03. The summed E-state index contributed by atoms with van der Waals surface area (Å²) in [5.41, 5.74) is 2.81. The van der Waals surface area contributed by atoms with E-state index < -0.39 is 0 Å². The average Bonchev–Trinajstić information content (AvgIpc) is 3.29. The Morgan fingerprint density at radius 3 is 2.39 bits per heavy atom. The van der Waals surface area contributed by atoms with Gasteiger partial charge in [0.15, 0.2) is 11.5 Å². The molecule has 0 saturated heterocycles. The molecule has 0 aliphatic carbocycles. The number of hydrogen-bond donors (Lipinski definition) is 0. The zero-order valence-electron chi connectivity index (χ0n) is 16.0. The second-order valence-corrected chi connectivity index (χ2v) is 5.82. The van der Waals surface area contributed by atoms with Crippen molar-refractivity contribution in [1.82, 2.24) is 9.78 Å². The molecule has 3 aromatic rings. The van der Waals surface area contributed by atoms with Crippen molar-refractivity contribution in [2.45, 2.75) is 6.10 Å². The molecule has 1 heterocycles. The topological polar surface area (TPSA) is 70.2 Å². The minimum atomic E-state index is -0.297. The highest BCUT2D eigenvalue weighted by Crippen LogP contribution is 2.26. The van der Waals surface area contributed by atoms with Crippen molar-refractivity contribution >= 4 is 12.4 Å². The van der Waals surface area contributed by atoms with Gasteiger partial charge in [0.25, 0.3) is 0 Å². The minimum absolute atomic E-state index is 0.297. The average molecular weight is 378 g/mol. The lowest BCUT2D eigenvalue weighted by Gasteiger charge is -2.11. The van der Waals surface area contributed by atoms with Crippen LogP contribution in [0.5, 0.6) is 11.5 Å². The zero-order chi connectivity index (χ0) is 19.8. The van der Waals surface area contributed by atoms with Crippen molar-refractivity contribution in [3.63, 3.8) is 0 Å². The highest BCUT2D eigenvalue weighted by Gasteiger charge is 2.08. The molecule has 1 atom stereocenters. The summed E-state index contributed by atoms with van der Waals surface area (Å²) in [5, 5.41) is 12.4. The van der Waals surface area contributed by atoms with E-state index in [2.05, 4.69) is 15.3 Å². The molecule has 1 unspecified atom stereocenters. The first-order valence-electron chi connectivity index (χ1n) is 8.66. The lowest BCUT2D eigenvalue weighted by molar-refractivity contribution is 0.161. The van der Waals surface area contributed by atoms with Gasteiger partial charge in [-0.15, -0.1) is 0 Å². The third-order valence-corrected chi connectivity index (χ3v) is 4.13. The Labute approximate surface area is 163 Å². The quantitative estimate of drug-likeness (QED) is 0.443. The molecule has 144 valence electrons. The number of ether oxygens (including phenoxy) is 3. The summed E-state index contributed by atoms with van der Waals surface area (Å²) < 4.78 is 17.8. The Morgan fingerprint density at radius 1 is 0.964 bits per heavy atom. The summed E-state index contributed by atoms with van der Waals surface area (Å²) in [6.07, 6.45) is 6.64. The van der Waals surface area contributed by atoms with E-state index in [0.717, 1.165) is 16.8 Å². The van der Waals surface area contributed by atoms with Crippen molar-refractivity contribution in [3.8, 4) is 17.2 Å². The van der Waals surface area contributed by atoms with Crippen LogP contribution < -0.4 is 9.47 Å². The van der Waals surface area contributed by atoms with Gasteiger partial charge in [0, 0.05) is 19.5 Å². The van der Waals surface area contributed by atoms with Crippen LogP contribution in [0.3, 0.4) is 0 Å². The Balaban J connectivity index is 1.67. The van der Waals surface area contributed by atoms with Crippen LogP contribution >= 0.6 is 0 Å². The van der Waals surface area contributed by atoms with Gasteiger partial charge in [0.2, 0.25) is 0 Å². The summed E-state index contributed by atoms with van der Waals surface area (Å²) >= 11 is 0. The summed E-state index contributed by atoms with van der Waals surface area (Å²) in [5.74, 6) is 1.31. The van der Waals surface area contributed by atoms with Crippen LogP contribution in [-0.2, 0) is 4.74 Å². The van der Waals surface area contributed by atoms with Crippen LogP contribution in [-0.4, -0.2) is 43.5 Å². The first-order valence-corrected chi connectivity index (χ1v) is 8.66. The van der Waals surface area contributed by atoms with E-state index in [4.69, 9.17) is 14.2 Å². The Bertz CT molecular complexity index is 935. The fourth-order valence-electron chi connectivity index (χ4n) is 2.65. The maximum atomic E-state index is 5.50. The molecule has 0 saturated carbocycles. The first-order chi connectivity index (χ1) is 13.7.